The van der Waals surface area contributed by atoms with E-state index in [2.05, 4.69) is 27.4 Å². The van der Waals surface area contributed by atoms with E-state index in [9.17, 15) is 0 Å². The van der Waals surface area contributed by atoms with Gasteiger partial charge in [0, 0.05) is 29.9 Å². The number of pyridine rings is 1. The number of nitrogens with zero attached hydrogens (tertiary/aromatic N) is 2. The lowest BCUT2D eigenvalue weighted by atomic mass is 9.90. The first kappa shape index (κ1) is 23.7. The SMILES string of the molecule is COc1cc2ncc(Cl)c(CCCC3CCN(CCSc4cccs4)CC3)c2cc1OC. The van der Waals surface area contributed by atoms with Crippen molar-refractivity contribution in [2.75, 3.05) is 39.6 Å². The zero-order valence-electron chi connectivity index (χ0n) is 18.8. The minimum Gasteiger partial charge on any atom is -0.493 e. The van der Waals surface area contributed by atoms with Gasteiger partial charge in [0.1, 0.15) is 0 Å². The Morgan fingerprint density at radius 2 is 1.97 bits per heavy atom. The summed E-state index contributed by atoms with van der Waals surface area (Å²) in [6.07, 6.45) is 7.74. The molecule has 3 heterocycles. The molecule has 0 bridgehead atoms. The van der Waals surface area contributed by atoms with Crippen LogP contribution in [0.25, 0.3) is 10.9 Å². The monoisotopic (exact) mass is 490 g/mol. The molecule has 0 atom stereocenters. The molecular weight excluding hydrogens is 460 g/mol. The highest BCUT2D eigenvalue weighted by molar-refractivity contribution is 8.01. The Kier molecular flexibility index (Phi) is 8.58. The van der Waals surface area contributed by atoms with E-state index < -0.39 is 0 Å². The van der Waals surface area contributed by atoms with Crippen LogP contribution in [0, 0.1) is 5.92 Å². The van der Waals surface area contributed by atoms with Crippen molar-refractivity contribution in [2.45, 2.75) is 36.3 Å². The van der Waals surface area contributed by atoms with Crippen molar-refractivity contribution in [3.05, 3.63) is 46.4 Å². The van der Waals surface area contributed by atoms with E-state index in [4.69, 9.17) is 21.1 Å². The zero-order chi connectivity index (χ0) is 22.3. The summed E-state index contributed by atoms with van der Waals surface area (Å²) in [4.78, 5) is 7.13. The van der Waals surface area contributed by atoms with Crippen LogP contribution in [0.3, 0.4) is 0 Å². The molecule has 0 saturated carbocycles. The van der Waals surface area contributed by atoms with Gasteiger partial charge in [0.05, 0.1) is 29.0 Å². The molecular formula is C25H31ClN2O2S2. The molecule has 7 heteroatoms. The normalized spacial score (nSPS) is 15.3. The summed E-state index contributed by atoms with van der Waals surface area (Å²) in [5.74, 6) is 3.42. The van der Waals surface area contributed by atoms with Crippen molar-refractivity contribution >= 4 is 45.6 Å². The first-order valence-electron chi connectivity index (χ1n) is 11.3. The summed E-state index contributed by atoms with van der Waals surface area (Å²) in [5.41, 5.74) is 2.07. The number of ether oxygens (including phenoxy) is 2. The summed E-state index contributed by atoms with van der Waals surface area (Å²) in [6.45, 7) is 3.65. The van der Waals surface area contributed by atoms with E-state index in [-0.39, 0.29) is 0 Å². The summed E-state index contributed by atoms with van der Waals surface area (Å²) >= 11 is 10.4. The third-order valence-electron chi connectivity index (χ3n) is 6.33. The predicted molar refractivity (Wildman–Crippen MR) is 137 cm³/mol. The van der Waals surface area contributed by atoms with Crippen LogP contribution in [0.1, 0.15) is 31.2 Å². The lowest BCUT2D eigenvalue weighted by Crippen LogP contribution is -2.35. The molecule has 2 aromatic heterocycles. The molecule has 4 rings (SSSR count). The Balaban J connectivity index is 1.27. The van der Waals surface area contributed by atoms with Gasteiger partial charge in [-0.2, -0.15) is 0 Å². The maximum Gasteiger partial charge on any atom is 0.162 e. The Morgan fingerprint density at radius 3 is 2.69 bits per heavy atom. The van der Waals surface area contributed by atoms with Gasteiger partial charge < -0.3 is 14.4 Å². The molecule has 0 amide bonds. The Hall–Kier alpha value is -1.47. The topological polar surface area (TPSA) is 34.6 Å². The molecule has 0 spiro atoms. The smallest absolute Gasteiger partial charge is 0.162 e. The zero-order valence-corrected chi connectivity index (χ0v) is 21.2. The minimum atomic E-state index is 0.696. The van der Waals surface area contributed by atoms with E-state index >= 15 is 0 Å². The summed E-state index contributed by atoms with van der Waals surface area (Å²) in [6, 6.07) is 8.29. The van der Waals surface area contributed by atoms with E-state index in [0.29, 0.717) is 5.75 Å². The van der Waals surface area contributed by atoms with Crippen LogP contribution >= 0.6 is 34.7 Å². The average molecular weight is 491 g/mol. The molecule has 1 aliphatic rings. The number of likely N-dealkylation sites (tertiary alicyclic amines) is 1. The molecule has 3 aromatic rings. The van der Waals surface area contributed by atoms with Gasteiger partial charge in [0.25, 0.3) is 0 Å². The number of piperidine rings is 1. The molecule has 1 aliphatic heterocycles. The van der Waals surface area contributed by atoms with Gasteiger partial charge in [-0.25, -0.2) is 0 Å². The van der Waals surface area contributed by atoms with Gasteiger partial charge in [0.2, 0.25) is 0 Å². The maximum atomic E-state index is 6.56. The number of thiophene rings is 1. The second-order valence-corrected chi connectivity index (χ2v) is 11.0. The lowest BCUT2D eigenvalue weighted by molar-refractivity contribution is 0.186. The van der Waals surface area contributed by atoms with E-state index in [1.54, 1.807) is 20.4 Å². The summed E-state index contributed by atoms with van der Waals surface area (Å²) in [7, 11) is 3.31. The van der Waals surface area contributed by atoms with E-state index in [0.717, 1.165) is 40.4 Å². The van der Waals surface area contributed by atoms with Crippen LogP contribution < -0.4 is 9.47 Å². The summed E-state index contributed by atoms with van der Waals surface area (Å²) in [5, 5.41) is 3.96. The highest BCUT2D eigenvalue weighted by Gasteiger charge is 2.19. The van der Waals surface area contributed by atoms with Crippen LogP contribution in [0.5, 0.6) is 11.5 Å². The average Bonchev–Trinajstić information content (AvgIpc) is 3.34. The van der Waals surface area contributed by atoms with Gasteiger partial charge >= 0.3 is 0 Å². The van der Waals surface area contributed by atoms with Crippen molar-refractivity contribution in [1.82, 2.24) is 9.88 Å². The second-order valence-electron chi connectivity index (χ2n) is 8.27. The van der Waals surface area contributed by atoms with Crippen molar-refractivity contribution in [3.63, 3.8) is 0 Å². The Morgan fingerprint density at radius 1 is 1.19 bits per heavy atom. The minimum absolute atomic E-state index is 0.696. The number of aromatic nitrogens is 1. The molecule has 32 heavy (non-hydrogen) atoms. The number of benzene rings is 1. The molecule has 0 N–H and O–H groups in total. The highest BCUT2D eigenvalue weighted by Crippen LogP contribution is 2.36. The fourth-order valence-electron chi connectivity index (χ4n) is 4.49. The van der Waals surface area contributed by atoms with E-state index in [1.165, 1.54) is 54.4 Å². The molecule has 1 fully saturated rings. The first-order chi connectivity index (χ1) is 15.7. The van der Waals surface area contributed by atoms with Crippen LogP contribution in [-0.2, 0) is 6.42 Å². The second kappa shape index (κ2) is 11.6. The number of aryl methyl sites for hydroxylation is 1. The molecule has 1 saturated heterocycles. The van der Waals surface area contributed by atoms with Gasteiger partial charge in [-0.1, -0.05) is 24.1 Å². The number of fused-ring (bicyclic) bond motifs is 1. The summed E-state index contributed by atoms with van der Waals surface area (Å²) < 4.78 is 12.3. The predicted octanol–water partition coefficient (Wildman–Crippen LogP) is 6.79. The molecule has 4 nitrogen and oxygen atoms in total. The lowest BCUT2D eigenvalue weighted by Gasteiger charge is -2.31. The third-order valence-corrected chi connectivity index (χ3v) is 8.76. The fraction of sp³-hybridized carbons (Fsp3) is 0.480. The number of hydrogen-bond acceptors (Lipinski definition) is 6. The number of hydrogen-bond donors (Lipinski definition) is 0. The van der Waals surface area contributed by atoms with Gasteiger partial charge in [0.15, 0.2) is 11.5 Å². The molecule has 0 aliphatic carbocycles. The van der Waals surface area contributed by atoms with Crippen molar-refractivity contribution in [1.29, 1.82) is 0 Å². The number of methoxy groups -OCH3 is 2. The first-order valence-corrected chi connectivity index (χ1v) is 13.5. The Labute approximate surface area is 204 Å². The van der Waals surface area contributed by atoms with Crippen molar-refractivity contribution in [2.24, 2.45) is 5.92 Å². The van der Waals surface area contributed by atoms with Gasteiger partial charge in [-0.05, 0) is 67.8 Å². The largest absolute Gasteiger partial charge is 0.493 e. The standard InChI is InChI=1S/C25H31ClN2O2S2/c1-29-23-15-20-19(21(26)17-27-22(20)16-24(23)30-2)6-3-5-18-8-10-28(11-9-18)12-14-32-25-7-4-13-31-25/h4,7,13,15-18H,3,5-6,8-12,14H2,1-2H3. The van der Waals surface area contributed by atoms with Crippen molar-refractivity contribution < 1.29 is 9.47 Å². The van der Waals surface area contributed by atoms with Gasteiger partial charge in [-0.3, -0.25) is 4.98 Å². The van der Waals surface area contributed by atoms with Crippen LogP contribution in [-0.4, -0.2) is 49.5 Å². The van der Waals surface area contributed by atoms with Gasteiger partial charge in [-0.15, -0.1) is 23.1 Å². The maximum absolute atomic E-state index is 6.56. The third kappa shape index (κ3) is 5.90. The molecule has 0 radical (unpaired) electrons. The quantitative estimate of drug-likeness (QED) is 0.292. The highest BCUT2D eigenvalue weighted by atomic mass is 35.5. The number of halogens is 1. The molecule has 1 aromatic carbocycles. The number of thioether (sulfide) groups is 1. The molecule has 0 unspecified atom stereocenters. The van der Waals surface area contributed by atoms with Crippen LogP contribution in [0.2, 0.25) is 5.02 Å². The van der Waals surface area contributed by atoms with Crippen LogP contribution in [0.15, 0.2) is 40.1 Å². The number of rotatable bonds is 10. The van der Waals surface area contributed by atoms with Crippen molar-refractivity contribution in [3.8, 4) is 11.5 Å². The van der Waals surface area contributed by atoms with E-state index in [1.807, 2.05) is 35.2 Å². The fourth-order valence-corrected chi connectivity index (χ4v) is 6.60. The van der Waals surface area contributed by atoms with Crippen LogP contribution in [0.4, 0.5) is 0 Å². The molecule has 172 valence electrons. The Bertz CT molecular complexity index is 1000.